The largest absolute Gasteiger partial charge is 0.417 e. The molecule has 0 aliphatic carbocycles. The van der Waals surface area contributed by atoms with Gasteiger partial charge in [0.2, 0.25) is 15.9 Å². The second kappa shape index (κ2) is 9.72. The van der Waals surface area contributed by atoms with Crippen molar-refractivity contribution in [1.82, 2.24) is 14.8 Å². The quantitative estimate of drug-likeness (QED) is 0.378. The van der Waals surface area contributed by atoms with E-state index in [1.165, 1.54) is 18.3 Å². The van der Waals surface area contributed by atoms with Crippen LogP contribution >= 0.6 is 11.6 Å². The summed E-state index contributed by atoms with van der Waals surface area (Å²) in [4.78, 5) is 15.8. The number of amides is 1. The number of carbonyl (C=O) groups excluding carboxylic acids is 1. The number of anilines is 1. The van der Waals surface area contributed by atoms with Gasteiger partial charge >= 0.3 is 6.18 Å². The average molecular weight is 536 g/mol. The van der Waals surface area contributed by atoms with Crippen molar-refractivity contribution in [3.63, 3.8) is 0 Å². The molecule has 4 aromatic rings. The third-order valence-corrected chi connectivity index (χ3v) is 6.43. The van der Waals surface area contributed by atoms with E-state index >= 15 is 0 Å². The maximum Gasteiger partial charge on any atom is 0.417 e. The van der Waals surface area contributed by atoms with Crippen LogP contribution in [0.15, 0.2) is 78.2 Å². The molecule has 2 aromatic heterocycles. The standard InChI is InChI=1S/C23H17ClF3N5O3S/c24-19-4-2-1-3-14(19)9-22(33)31-16-5-6-20(21(10-16)36(28,34)35)32-13-15(11-30-32)17-12-29-8-7-18(17)23(25,26)27/h1-8,10-13H,9H2,(H,31,33)(H2,28,34,35). The van der Waals surface area contributed by atoms with E-state index in [-0.39, 0.29) is 28.9 Å². The molecule has 4 rings (SSSR count). The molecule has 0 fully saturated rings. The van der Waals surface area contributed by atoms with Crippen molar-refractivity contribution >= 4 is 33.2 Å². The number of aromatic nitrogens is 3. The van der Waals surface area contributed by atoms with E-state index in [0.717, 1.165) is 35.4 Å². The zero-order valence-corrected chi connectivity index (χ0v) is 19.8. The molecule has 0 saturated carbocycles. The number of primary sulfonamides is 1. The minimum atomic E-state index is -4.63. The number of alkyl halides is 3. The third-order valence-electron chi connectivity index (χ3n) is 5.13. The number of nitrogens with two attached hydrogens (primary N) is 1. The highest BCUT2D eigenvalue weighted by Crippen LogP contribution is 2.36. The van der Waals surface area contributed by atoms with Crippen molar-refractivity contribution in [3.05, 3.63) is 89.5 Å². The minimum absolute atomic E-state index is 0.0229. The van der Waals surface area contributed by atoms with E-state index in [9.17, 15) is 26.4 Å². The van der Waals surface area contributed by atoms with E-state index in [1.807, 2.05) is 0 Å². The molecule has 0 saturated heterocycles. The SMILES string of the molecule is NS(=O)(=O)c1cc(NC(=O)Cc2ccccc2Cl)ccc1-n1cc(-c2cnccc2C(F)(F)F)cn1. The normalized spacial score (nSPS) is 11.9. The van der Waals surface area contributed by atoms with E-state index in [2.05, 4.69) is 15.4 Å². The number of hydrogen-bond acceptors (Lipinski definition) is 5. The fourth-order valence-electron chi connectivity index (χ4n) is 3.49. The molecular formula is C23H17ClF3N5O3S. The number of nitrogens with zero attached hydrogens (tertiary/aromatic N) is 3. The lowest BCUT2D eigenvalue weighted by Crippen LogP contribution is -2.18. The first-order chi connectivity index (χ1) is 16.9. The number of sulfonamides is 1. The van der Waals surface area contributed by atoms with Crippen molar-refractivity contribution < 1.29 is 26.4 Å². The summed E-state index contributed by atoms with van der Waals surface area (Å²) in [6.07, 6.45) is -0.237. The maximum atomic E-state index is 13.4. The minimum Gasteiger partial charge on any atom is -0.326 e. The molecule has 0 bridgehead atoms. The van der Waals surface area contributed by atoms with Crippen molar-refractivity contribution in [2.45, 2.75) is 17.5 Å². The van der Waals surface area contributed by atoms with Gasteiger partial charge in [-0.1, -0.05) is 29.8 Å². The first-order valence-corrected chi connectivity index (χ1v) is 12.1. The highest BCUT2D eigenvalue weighted by atomic mass is 35.5. The number of hydrogen-bond donors (Lipinski definition) is 2. The zero-order chi connectivity index (χ0) is 26.1. The van der Waals surface area contributed by atoms with Gasteiger partial charge in [0.25, 0.3) is 0 Å². The Bertz CT molecular complexity index is 1550. The lowest BCUT2D eigenvalue weighted by Gasteiger charge is -2.12. The molecule has 13 heteroatoms. The van der Waals surface area contributed by atoms with Gasteiger partial charge in [0.15, 0.2) is 0 Å². The summed E-state index contributed by atoms with van der Waals surface area (Å²) in [5, 5.41) is 12.4. The predicted molar refractivity (Wildman–Crippen MR) is 127 cm³/mol. The third kappa shape index (κ3) is 5.56. The Kier molecular flexibility index (Phi) is 6.85. The average Bonchev–Trinajstić information content (AvgIpc) is 3.29. The topological polar surface area (TPSA) is 120 Å². The Balaban J connectivity index is 1.66. The van der Waals surface area contributed by atoms with Crippen LogP contribution in [-0.4, -0.2) is 29.1 Å². The Morgan fingerprint density at radius 1 is 1.11 bits per heavy atom. The lowest BCUT2D eigenvalue weighted by atomic mass is 10.1. The number of halogens is 4. The van der Waals surface area contributed by atoms with Crippen molar-refractivity contribution in [3.8, 4) is 16.8 Å². The molecule has 2 aromatic carbocycles. The summed E-state index contributed by atoms with van der Waals surface area (Å²) in [6.45, 7) is 0. The van der Waals surface area contributed by atoms with Crippen LogP contribution in [0.4, 0.5) is 18.9 Å². The van der Waals surface area contributed by atoms with Crippen molar-refractivity contribution in [2.75, 3.05) is 5.32 Å². The Morgan fingerprint density at radius 3 is 2.56 bits per heavy atom. The molecule has 8 nitrogen and oxygen atoms in total. The first kappa shape index (κ1) is 25.4. The molecule has 186 valence electrons. The summed E-state index contributed by atoms with van der Waals surface area (Å²) in [6, 6.07) is 11.5. The van der Waals surface area contributed by atoms with Crippen LogP contribution in [-0.2, 0) is 27.4 Å². The van der Waals surface area contributed by atoms with Gasteiger partial charge in [0.05, 0.1) is 23.9 Å². The number of carbonyl (C=O) groups is 1. The Hall–Kier alpha value is -3.74. The lowest BCUT2D eigenvalue weighted by molar-refractivity contribution is -0.137. The number of rotatable bonds is 6. The van der Waals surface area contributed by atoms with Crippen molar-refractivity contribution in [2.24, 2.45) is 5.14 Å². The smallest absolute Gasteiger partial charge is 0.326 e. The van der Waals surface area contributed by atoms with Gasteiger partial charge in [-0.15, -0.1) is 0 Å². The molecule has 0 aliphatic rings. The number of pyridine rings is 1. The van der Waals surface area contributed by atoms with E-state index in [4.69, 9.17) is 16.7 Å². The molecule has 3 N–H and O–H groups in total. The van der Waals surface area contributed by atoms with Gasteiger partial charge in [-0.25, -0.2) is 18.2 Å². The molecular weight excluding hydrogens is 519 g/mol. The summed E-state index contributed by atoms with van der Waals surface area (Å²) >= 11 is 6.07. The number of nitrogens with one attached hydrogen (secondary N) is 1. The van der Waals surface area contributed by atoms with Gasteiger partial charge in [-0.05, 0) is 35.9 Å². The molecule has 2 heterocycles. The number of benzene rings is 2. The summed E-state index contributed by atoms with van der Waals surface area (Å²) in [7, 11) is -4.32. The van der Waals surface area contributed by atoms with Crippen LogP contribution in [0.5, 0.6) is 0 Å². The molecule has 36 heavy (non-hydrogen) atoms. The predicted octanol–water partition coefficient (Wildman–Crippen LogP) is 4.44. The van der Waals surface area contributed by atoms with Gasteiger partial charge in [0, 0.05) is 40.4 Å². The van der Waals surface area contributed by atoms with E-state index in [1.54, 1.807) is 24.3 Å². The molecule has 0 atom stereocenters. The van der Waals surface area contributed by atoms with Crippen LogP contribution in [0, 0.1) is 0 Å². The fraction of sp³-hybridized carbons (Fsp3) is 0.0870. The summed E-state index contributed by atoms with van der Waals surface area (Å²) in [5.74, 6) is -0.450. The molecule has 0 radical (unpaired) electrons. The van der Waals surface area contributed by atoms with E-state index < -0.39 is 32.6 Å². The van der Waals surface area contributed by atoms with Crippen molar-refractivity contribution in [1.29, 1.82) is 0 Å². The Labute approximate surface area is 208 Å². The molecule has 1 amide bonds. The Morgan fingerprint density at radius 2 is 1.86 bits per heavy atom. The van der Waals surface area contributed by atoms with Gasteiger partial charge in [-0.2, -0.15) is 18.3 Å². The molecule has 0 unspecified atom stereocenters. The van der Waals surface area contributed by atoms with E-state index in [0.29, 0.717) is 10.6 Å². The fourth-order valence-corrected chi connectivity index (χ4v) is 4.44. The van der Waals surface area contributed by atoms with Gasteiger partial charge in [0.1, 0.15) is 4.90 Å². The van der Waals surface area contributed by atoms with Crippen LogP contribution in [0.2, 0.25) is 5.02 Å². The second-order valence-corrected chi connectivity index (χ2v) is 9.57. The maximum absolute atomic E-state index is 13.4. The van der Waals surface area contributed by atoms with Gasteiger partial charge < -0.3 is 5.32 Å². The van der Waals surface area contributed by atoms with Gasteiger partial charge in [-0.3, -0.25) is 9.78 Å². The molecule has 0 spiro atoms. The van der Waals surface area contributed by atoms with Crippen LogP contribution in [0.1, 0.15) is 11.1 Å². The highest BCUT2D eigenvalue weighted by molar-refractivity contribution is 7.89. The van der Waals surface area contributed by atoms with Crippen LogP contribution < -0.4 is 10.5 Å². The second-order valence-electron chi connectivity index (χ2n) is 7.64. The highest BCUT2D eigenvalue weighted by Gasteiger charge is 2.34. The summed E-state index contributed by atoms with van der Waals surface area (Å²) < 4.78 is 65.9. The summed E-state index contributed by atoms with van der Waals surface area (Å²) in [5.41, 5.74) is -0.383. The zero-order valence-electron chi connectivity index (χ0n) is 18.2. The van der Waals surface area contributed by atoms with Crippen LogP contribution in [0.3, 0.4) is 0 Å². The molecule has 0 aliphatic heterocycles. The monoisotopic (exact) mass is 535 g/mol. The van der Waals surface area contributed by atoms with Crippen LogP contribution in [0.25, 0.3) is 16.8 Å². The first-order valence-electron chi connectivity index (χ1n) is 10.2.